The van der Waals surface area contributed by atoms with E-state index in [-0.39, 0.29) is 5.82 Å². The van der Waals surface area contributed by atoms with E-state index >= 15 is 0 Å². The SMILES string of the molecule is Fc1cccc2cc(-c3ccc4c(c3)NCC4)oc12. The van der Waals surface area contributed by atoms with Gasteiger partial charge in [0, 0.05) is 23.2 Å². The molecule has 0 saturated carbocycles. The summed E-state index contributed by atoms with van der Waals surface area (Å²) in [5, 5.41) is 4.13. The summed E-state index contributed by atoms with van der Waals surface area (Å²) in [5.41, 5.74) is 3.78. The Bertz CT molecular complexity index is 776. The van der Waals surface area contributed by atoms with E-state index in [1.807, 2.05) is 18.2 Å². The molecule has 0 unspecified atom stereocenters. The largest absolute Gasteiger partial charge is 0.453 e. The zero-order valence-corrected chi connectivity index (χ0v) is 10.2. The van der Waals surface area contributed by atoms with Crippen LogP contribution in [-0.4, -0.2) is 6.54 Å². The number of halogens is 1. The van der Waals surface area contributed by atoms with E-state index in [0.717, 1.165) is 29.6 Å². The normalized spacial score (nSPS) is 13.5. The zero-order valence-electron chi connectivity index (χ0n) is 10.2. The first-order valence-electron chi connectivity index (χ1n) is 6.36. The molecule has 0 spiro atoms. The maximum atomic E-state index is 13.6. The molecule has 0 atom stereocenters. The number of benzene rings is 2. The van der Waals surface area contributed by atoms with Crippen molar-refractivity contribution in [1.29, 1.82) is 0 Å². The second kappa shape index (κ2) is 3.85. The fraction of sp³-hybridized carbons (Fsp3) is 0.125. The maximum absolute atomic E-state index is 13.6. The van der Waals surface area contributed by atoms with E-state index in [9.17, 15) is 4.39 Å². The third-order valence-electron chi connectivity index (χ3n) is 3.60. The molecule has 0 bridgehead atoms. The van der Waals surface area contributed by atoms with Gasteiger partial charge in [-0.3, -0.25) is 0 Å². The van der Waals surface area contributed by atoms with E-state index in [1.54, 1.807) is 6.07 Å². The second-order valence-electron chi connectivity index (χ2n) is 4.82. The summed E-state index contributed by atoms with van der Waals surface area (Å²) < 4.78 is 19.3. The van der Waals surface area contributed by atoms with Crippen molar-refractivity contribution in [2.24, 2.45) is 0 Å². The molecule has 1 aliphatic rings. The van der Waals surface area contributed by atoms with Gasteiger partial charge in [-0.15, -0.1) is 0 Å². The van der Waals surface area contributed by atoms with Crippen LogP contribution in [0.15, 0.2) is 46.9 Å². The van der Waals surface area contributed by atoms with Crippen molar-refractivity contribution < 1.29 is 8.81 Å². The summed E-state index contributed by atoms with van der Waals surface area (Å²) in [6.07, 6.45) is 1.06. The van der Waals surface area contributed by atoms with Gasteiger partial charge in [-0.2, -0.15) is 0 Å². The third kappa shape index (κ3) is 1.62. The Labute approximate surface area is 109 Å². The lowest BCUT2D eigenvalue weighted by molar-refractivity contribution is 0.569. The van der Waals surface area contributed by atoms with Gasteiger partial charge in [0.2, 0.25) is 0 Å². The first-order valence-corrected chi connectivity index (χ1v) is 6.36. The molecule has 3 heteroatoms. The second-order valence-corrected chi connectivity index (χ2v) is 4.82. The first-order chi connectivity index (χ1) is 9.31. The lowest BCUT2D eigenvalue weighted by atomic mass is 10.1. The summed E-state index contributed by atoms with van der Waals surface area (Å²) in [5.74, 6) is 0.389. The van der Waals surface area contributed by atoms with Crippen molar-refractivity contribution in [3.8, 4) is 11.3 Å². The first kappa shape index (κ1) is 10.6. The van der Waals surface area contributed by atoms with E-state index in [2.05, 4.69) is 17.4 Å². The van der Waals surface area contributed by atoms with Crippen LogP contribution in [0.25, 0.3) is 22.3 Å². The van der Waals surface area contributed by atoms with E-state index in [4.69, 9.17) is 4.42 Å². The molecule has 2 heterocycles. The Balaban J connectivity index is 1.88. The molecule has 0 amide bonds. The molecular formula is C16H12FNO. The van der Waals surface area contributed by atoms with E-state index in [1.165, 1.54) is 11.6 Å². The van der Waals surface area contributed by atoms with Gasteiger partial charge in [-0.1, -0.05) is 24.3 Å². The number of rotatable bonds is 1. The molecule has 19 heavy (non-hydrogen) atoms. The smallest absolute Gasteiger partial charge is 0.170 e. The predicted octanol–water partition coefficient (Wildman–Crippen LogP) is 4.21. The topological polar surface area (TPSA) is 25.2 Å². The Kier molecular flexibility index (Phi) is 2.15. The van der Waals surface area contributed by atoms with E-state index in [0.29, 0.717) is 11.3 Å². The number of anilines is 1. The van der Waals surface area contributed by atoms with Crippen molar-refractivity contribution in [2.75, 3.05) is 11.9 Å². The molecule has 0 fully saturated rings. The number of para-hydroxylation sites is 1. The standard InChI is InChI=1S/C16H12FNO/c17-13-3-1-2-12-9-15(19-16(12)13)11-5-4-10-6-7-18-14(10)8-11/h1-5,8-9,18H,6-7H2. The number of fused-ring (bicyclic) bond motifs is 2. The zero-order chi connectivity index (χ0) is 12.8. The highest BCUT2D eigenvalue weighted by atomic mass is 19.1. The molecule has 0 aliphatic carbocycles. The van der Waals surface area contributed by atoms with Crippen LogP contribution in [0.5, 0.6) is 0 Å². The van der Waals surface area contributed by atoms with Crippen LogP contribution in [0, 0.1) is 5.82 Å². The van der Waals surface area contributed by atoms with Crippen molar-refractivity contribution in [3.63, 3.8) is 0 Å². The fourth-order valence-corrected chi connectivity index (χ4v) is 2.61. The minimum Gasteiger partial charge on any atom is -0.453 e. The third-order valence-corrected chi connectivity index (χ3v) is 3.60. The van der Waals surface area contributed by atoms with Gasteiger partial charge in [0.25, 0.3) is 0 Å². The summed E-state index contributed by atoms with van der Waals surface area (Å²) in [4.78, 5) is 0. The average Bonchev–Trinajstić information content (AvgIpc) is 3.04. The van der Waals surface area contributed by atoms with Gasteiger partial charge in [-0.05, 0) is 30.2 Å². The fourth-order valence-electron chi connectivity index (χ4n) is 2.61. The molecule has 1 N–H and O–H groups in total. The molecule has 1 aromatic heterocycles. The van der Waals surface area contributed by atoms with Gasteiger partial charge in [0.15, 0.2) is 11.4 Å². The molecule has 2 aromatic carbocycles. The highest BCUT2D eigenvalue weighted by Crippen LogP contribution is 2.33. The van der Waals surface area contributed by atoms with Crippen LogP contribution in [-0.2, 0) is 6.42 Å². The van der Waals surface area contributed by atoms with Crippen molar-refractivity contribution in [3.05, 3.63) is 53.8 Å². The van der Waals surface area contributed by atoms with Gasteiger partial charge in [0.1, 0.15) is 5.76 Å². The quantitative estimate of drug-likeness (QED) is 0.702. The lowest BCUT2D eigenvalue weighted by Gasteiger charge is -2.02. The maximum Gasteiger partial charge on any atom is 0.170 e. The summed E-state index contributed by atoms with van der Waals surface area (Å²) in [7, 11) is 0. The van der Waals surface area contributed by atoms with Crippen LogP contribution in [0.4, 0.5) is 10.1 Å². The summed E-state index contributed by atoms with van der Waals surface area (Å²) >= 11 is 0. The van der Waals surface area contributed by atoms with Crippen molar-refractivity contribution in [2.45, 2.75) is 6.42 Å². The van der Waals surface area contributed by atoms with Crippen molar-refractivity contribution in [1.82, 2.24) is 0 Å². The molecular weight excluding hydrogens is 241 g/mol. The van der Waals surface area contributed by atoms with Crippen LogP contribution in [0.1, 0.15) is 5.56 Å². The van der Waals surface area contributed by atoms with Gasteiger partial charge >= 0.3 is 0 Å². The van der Waals surface area contributed by atoms with Gasteiger partial charge in [0.05, 0.1) is 0 Å². The van der Waals surface area contributed by atoms with Crippen molar-refractivity contribution >= 4 is 16.7 Å². The average molecular weight is 253 g/mol. The predicted molar refractivity (Wildman–Crippen MR) is 73.8 cm³/mol. The van der Waals surface area contributed by atoms with Gasteiger partial charge in [-0.25, -0.2) is 4.39 Å². The number of hydrogen-bond acceptors (Lipinski definition) is 2. The van der Waals surface area contributed by atoms with Crippen LogP contribution in [0.3, 0.4) is 0 Å². The molecule has 94 valence electrons. The minimum atomic E-state index is -0.317. The minimum absolute atomic E-state index is 0.317. The number of furan rings is 1. The molecule has 0 radical (unpaired) electrons. The molecule has 1 aliphatic heterocycles. The summed E-state index contributed by atoms with van der Waals surface area (Å²) in [6.45, 7) is 0.980. The number of hydrogen-bond donors (Lipinski definition) is 1. The Morgan fingerprint density at radius 3 is 2.95 bits per heavy atom. The molecule has 0 saturated heterocycles. The molecule has 2 nitrogen and oxygen atoms in total. The van der Waals surface area contributed by atoms with E-state index < -0.39 is 0 Å². The molecule has 3 aromatic rings. The van der Waals surface area contributed by atoms with Gasteiger partial charge < -0.3 is 9.73 Å². The Morgan fingerprint density at radius 1 is 1.11 bits per heavy atom. The van der Waals surface area contributed by atoms with Crippen LogP contribution >= 0.6 is 0 Å². The molecule has 4 rings (SSSR count). The Hall–Kier alpha value is -2.29. The number of nitrogens with one attached hydrogen (secondary N) is 1. The van der Waals surface area contributed by atoms with Crippen LogP contribution < -0.4 is 5.32 Å². The lowest BCUT2D eigenvalue weighted by Crippen LogP contribution is -1.90. The van der Waals surface area contributed by atoms with Crippen LogP contribution in [0.2, 0.25) is 0 Å². The summed E-state index contributed by atoms with van der Waals surface area (Å²) in [6, 6.07) is 13.1. The highest BCUT2D eigenvalue weighted by Gasteiger charge is 2.14. The Morgan fingerprint density at radius 2 is 2.05 bits per heavy atom. The highest BCUT2D eigenvalue weighted by molar-refractivity contribution is 5.84. The monoisotopic (exact) mass is 253 g/mol.